The SMILES string of the molecule is CCOc1ccc(NC(=O)/C(C#N)=C/c2ccc(Cc3ccccc3Cl)c(OC)c2)cc1. The van der Waals surface area contributed by atoms with E-state index in [0.29, 0.717) is 40.8 Å². The molecule has 0 aromatic heterocycles. The van der Waals surface area contributed by atoms with Crippen LogP contribution in [0.3, 0.4) is 0 Å². The van der Waals surface area contributed by atoms with Crippen LogP contribution in [-0.4, -0.2) is 19.6 Å². The molecule has 0 saturated heterocycles. The van der Waals surface area contributed by atoms with Crippen molar-refractivity contribution in [2.24, 2.45) is 0 Å². The van der Waals surface area contributed by atoms with Gasteiger partial charge in [-0.05, 0) is 66.1 Å². The van der Waals surface area contributed by atoms with Crippen LogP contribution in [0.1, 0.15) is 23.6 Å². The Labute approximate surface area is 192 Å². The third kappa shape index (κ3) is 5.90. The predicted octanol–water partition coefficient (Wildman–Crippen LogP) is 5.88. The summed E-state index contributed by atoms with van der Waals surface area (Å²) < 4.78 is 10.9. The largest absolute Gasteiger partial charge is 0.496 e. The summed E-state index contributed by atoms with van der Waals surface area (Å²) in [5.74, 6) is 0.879. The fourth-order valence-corrected chi connectivity index (χ4v) is 3.36. The molecule has 0 fully saturated rings. The van der Waals surface area contributed by atoms with Gasteiger partial charge in [0, 0.05) is 17.1 Å². The Bertz CT molecular complexity index is 1160. The monoisotopic (exact) mass is 446 g/mol. The van der Waals surface area contributed by atoms with Gasteiger partial charge in [-0.3, -0.25) is 4.79 Å². The first-order valence-corrected chi connectivity index (χ1v) is 10.5. The summed E-state index contributed by atoms with van der Waals surface area (Å²) in [5.41, 5.74) is 3.19. The van der Waals surface area contributed by atoms with Gasteiger partial charge < -0.3 is 14.8 Å². The molecule has 0 aliphatic rings. The zero-order chi connectivity index (χ0) is 22.9. The molecule has 0 unspecified atom stereocenters. The van der Waals surface area contributed by atoms with Crippen LogP contribution in [0.25, 0.3) is 6.08 Å². The van der Waals surface area contributed by atoms with Gasteiger partial charge in [0.05, 0.1) is 13.7 Å². The minimum atomic E-state index is -0.490. The highest BCUT2D eigenvalue weighted by Gasteiger charge is 2.12. The van der Waals surface area contributed by atoms with Crippen molar-refractivity contribution in [3.63, 3.8) is 0 Å². The van der Waals surface area contributed by atoms with Gasteiger partial charge in [0.25, 0.3) is 5.91 Å². The number of methoxy groups -OCH3 is 1. The topological polar surface area (TPSA) is 71.3 Å². The number of carbonyl (C=O) groups is 1. The maximum atomic E-state index is 12.6. The normalized spacial score (nSPS) is 10.9. The second-order valence-electron chi connectivity index (χ2n) is 6.92. The highest BCUT2D eigenvalue weighted by Crippen LogP contribution is 2.27. The summed E-state index contributed by atoms with van der Waals surface area (Å²) in [5, 5.41) is 12.9. The Morgan fingerprint density at radius 3 is 2.50 bits per heavy atom. The van der Waals surface area contributed by atoms with Crippen molar-refractivity contribution in [3.05, 3.63) is 94.0 Å². The summed E-state index contributed by atoms with van der Waals surface area (Å²) in [4.78, 5) is 12.6. The molecule has 0 heterocycles. The van der Waals surface area contributed by atoms with E-state index in [2.05, 4.69) is 5.32 Å². The Kier molecular flexibility index (Phi) is 7.91. The first kappa shape index (κ1) is 22.9. The lowest BCUT2D eigenvalue weighted by atomic mass is 10.0. The molecule has 0 spiro atoms. The van der Waals surface area contributed by atoms with Crippen LogP contribution in [-0.2, 0) is 11.2 Å². The second kappa shape index (κ2) is 11.0. The van der Waals surface area contributed by atoms with Gasteiger partial charge >= 0.3 is 0 Å². The summed E-state index contributed by atoms with van der Waals surface area (Å²) >= 11 is 6.28. The van der Waals surface area contributed by atoms with Gasteiger partial charge in [-0.1, -0.05) is 41.9 Å². The fraction of sp³-hybridized carbons (Fsp3) is 0.154. The minimum absolute atomic E-state index is 0.0141. The van der Waals surface area contributed by atoms with Gasteiger partial charge in [-0.25, -0.2) is 0 Å². The van der Waals surface area contributed by atoms with Crippen LogP contribution in [0, 0.1) is 11.3 Å². The maximum Gasteiger partial charge on any atom is 0.266 e. The van der Waals surface area contributed by atoms with E-state index >= 15 is 0 Å². The number of hydrogen-bond donors (Lipinski definition) is 1. The highest BCUT2D eigenvalue weighted by atomic mass is 35.5. The minimum Gasteiger partial charge on any atom is -0.496 e. The molecule has 0 atom stereocenters. The molecule has 0 radical (unpaired) electrons. The molecule has 0 bridgehead atoms. The first-order valence-electron chi connectivity index (χ1n) is 10.1. The van der Waals surface area contributed by atoms with Gasteiger partial charge in [-0.15, -0.1) is 0 Å². The summed E-state index contributed by atoms with van der Waals surface area (Å²) in [6, 6.07) is 22.1. The zero-order valence-electron chi connectivity index (χ0n) is 17.9. The van der Waals surface area contributed by atoms with E-state index in [1.807, 2.05) is 49.4 Å². The van der Waals surface area contributed by atoms with E-state index in [1.165, 1.54) is 6.08 Å². The molecule has 32 heavy (non-hydrogen) atoms. The quantitative estimate of drug-likeness (QED) is 0.346. The Morgan fingerprint density at radius 2 is 1.84 bits per heavy atom. The molecule has 1 N–H and O–H groups in total. The number of carbonyl (C=O) groups excluding carboxylic acids is 1. The Balaban J connectivity index is 1.78. The number of ether oxygens (including phenoxy) is 2. The number of halogens is 1. The van der Waals surface area contributed by atoms with Crippen molar-refractivity contribution in [2.75, 3.05) is 19.0 Å². The molecular formula is C26H23ClN2O3. The van der Waals surface area contributed by atoms with Crippen molar-refractivity contribution >= 4 is 29.3 Å². The molecule has 3 aromatic carbocycles. The van der Waals surface area contributed by atoms with Gasteiger partial charge in [0.15, 0.2) is 0 Å². The number of anilines is 1. The number of hydrogen-bond acceptors (Lipinski definition) is 4. The number of benzene rings is 3. The number of nitriles is 1. The highest BCUT2D eigenvalue weighted by molar-refractivity contribution is 6.31. The van der Waals surface area contributed by atoms with E-state index < -0.39 is 5.91 Å². The average Bonchev–Trinajstić information content (AvgIpc) is 2.81. The fourth-order valence-electron chi connectivity index (χ4n) is 3.16. The molecule has 1 amide bonds. The number of nitrogens with one attached hydrogen (secondary N) is 1. The van der Waals surface area contributed by atoms with Gasteiger partial charge in [0.1, 0.15) is 23.1 Å². The third-order valence-electron chi connectivity index (χ3n) is 4.75. The number of rotatable bonds is 8. The van der Waals surface area contributed by atoms with Gasteiger partial charge in [0.2, 0.25) is 0 Å². The molecule has 0 aliphatic carbocycles. The maximum absolute atomic E-state index is 12.6. The van der Waals surface area contributed by atoms with Crippen molar-refractivity contribution in [3.8, 4) is 17.6 Å². The van der Waals surface area contributed by atoms with Crippen molar-refractivity contribution in [1.29, 1.82) is 5.26 Å². The molecule has 5 nitrogen and oxygen atoms in total. The number of amides is 1. The lowest BCUT2D eigenvalue weighted by molar-refractivity contribution is -0.112. The summed E-state index contributed by atoms with van der Waals surface area (Å²) in [7, 11) is 1.59. The lowest BCUT2D eigenvalue weighted by Crippen LogP contribution is -2.13. The van der Waals surface area contributed by atoms with E-state index in [4.69, 9.17) is 21.1 Å². The van der Waals surface area contributed by atoms with E-state index in [9.17, 15) is 10.1 Å². The van der Waals surface area contributed by atoms with Crippen LogP contribution < -0.4 is 14.8 Å². The van der Waals surface area contributed by atoms with Crippen LogP contribution in [0.4, 0.5) is 5.69 Å². The van der Waals surface area contributed by atoms with Crippen LogP contribution in [0.2, 0.25) is 5.02 Å². The predicted molar refractivity (Wildman–Crippen MR) is 127 cm³/mol. The van der Waals surface area contributed by atoms with E-state index in [-0.39, 0.29) is 5.57 Å². The van der Waals surface area contributed by atoms with Crippen molar-refractivity contribution in [2.45, 2.75) is 13.3 Å². The molecule has 3 rings (SSSR count). The van der Waals surface area contributed by atoms with Crippen LogP contribution in [0.15, 0.2) is 72.3 Å². The van der Waals surface area contributed by atoms with Crippen molar-refractivity contribution < 1.29 is 14.3 Å². The smallest absolute Gasteiger partial charge is 0.266 e. The van der Waals surface area contributed by atoms with Crippen LogP contribution in [0.5, 0.6) is 11.5 Å². The molecule has 162 valence electrons. The first-order chi connectivity index (χ1) is 15.5. The van der Waals surface area contributed by atoms with E-state index in [1.54, 1.807) is 37.4 Å². The van der Waals surface area contributed by atoms with Crippen LogP contribution >= 0.6 is 11.6 Å². The molecular weight excluding hydrogens is 424 g/mol. The zero-order valence-corrected chi connectivity index (χ0v) is 18.6. The average molecular weight is 447 g/mol. The molecule has 0 saturated carbocycles. The Hall–Kier alpha value is -3.75. The Morgan fingerprint density at radius 1 is 1.09 bits per heavy atom. The number of nitrogens with zero attached hydrogens (tertiary/aromatic N) is 1. The van der Waals surface area contributed by atoms with Crippen molar-refractivity contribution in [1.82, 2.24) is 0 Å². The molecule has 6 heteroatoms. The second-order valence-corrected chi connectivity index (χ2v) is 7.33. The summed E-state index contributed by atoms with van der Waals surface area (Å²) in [6.45, 7) is 2.46. The lowest BCUT2D eigenvalue weighted by Gasteiger charge is -2.11. The molecule has 3 aromatic rings. The summed E-state index contributed by atoms with van der Waals surface area (Å²) in [6.07, 6.45) is 2.14. The van der Waals surface area contributed by atoms with E-state index in [0.717, 1.165) is 11.1 Å². The molecule has 0 aliphatic heterocycles. The van der Waals surface area contributed by atoms with Gasteiger partial charge in [-0.2, -0.15) is 5.26 Å². The third-order valence-corrected chi connectivity index (χ3v) is 5.12. The standard InChI is InChI=1S/C26H23ClN2O3/c1-3-32-23-12-10-22(11-13-23)29-26(30)21(17-28)14-18-8-9-20(25(15-18)31-2)16-19-6-4-5-7-24(19)27/h4-15H,3,16H2,1-2H3,(H,29,30)/b21-14+.